The van der Waals surface area contributed by atoms with Gasteiger partial charge < -0.3 is 0 Å². The number of hydrogen-bond acceptors (Lipinski definition) is 8. The highest BCUT2D eigenvalue weighted by molar-refractivity contribution is 7.89. The number of nitrogens with zero attached hydrogens (tertiary/aromatic N) is 4. The van der Waals surface area contributed by atoms with Crippen molar-refractivity contribution in [3.63, 3.8) is 0 Å². The first-order valence-corrected chi connectivity index (χ1v) is 14.3. The highest BCUT2D eigenvalue weighted by Crippen LogP contribution is 2.36. The molecule has 0 bridgehead atoms. The molecule has 12 nitrogen and oxygen atoms in total. The molecule has 2 aliphatic rings. The summed E-state index contributed by atoms with van der Waals surface area (Å²) in [6.07, 6.45) is 6.82. The van der Waals surface area contributed by atoms with Crippen LogP contribution in [0.5, 0.6) is 0 Å². The molecule has 2 aromatic carbocycles. The van der Waals surface area contributed by atoms with Crippen LogP contribution in [0.4, 0.5) is 11.4 Å². The number of nitro benzene ring substituents is 2. The predicted octanol–water partition coefficient (Wildman–Crippen LogP) is 3.26. The summed E-state index contributed by atoms with van der Waals surface area (Å²) in [5.74, 6) is -0.670. The number of nitro groups is 2. The van der Waals surface area contributed by atoms with Crippen LogP contribution in [0.1, 0.15) is 6.42 Å². The third-order valence-corrected chi connectivity index (χ3v) is 10.3. The molecule has 2 aromatic rings. The van der Waals surface area contributed by atoms with Gasteiger partial charge in [-0.1, -0.05) is 55.1 Å². The normalized spacial score (nSPS) is 21.0. The lowest BCUT2D eigenvalue weighted by Crippen LogP contribution is -2.51. The zero-order valence-corrected chi connectivity index (χ0v) is 21.6. The molecule has 2 heterocycles. The first-order valence-electron chi connectivity index (χ1n) is 11.5. The summed E-state index contributed by atoms with van der Waals surface area (Å²) in [7, 11) is -8.70. The third-order valence-electron chi connectivity index (χ3n) is 6.49. The maximum atomic E-state index is 13.7. The van der Waals surface area contributed by atoms with Crippen molar-refractivity contribution in [2.75, 3.05) is 19.6 Å². The van der Waals surface area contributed by atoms with Crippen molar-refractivity contribution in [2.45, 2.75) is 22.3 Å². The largest absolute Gasteiger partial charge is 0.289 e. The average Bonchev–Trinajstić information content (AvgIpc) is 2.92. The topological polar surface area (TPSA) is 161 Å². The Morgan fingerprint density at radius 1 is 0.868 bits per heavy atom. The molecule has 0 saturated heterocycles. The van der Waals surface area contributed by atoms with Crippen molar-refractivity contribution in [1.82, 2.24) is 8.61 Å². The number of benzene rings is 2. The highest BCUT2D eigenvalue weighted by Gasteiger charge is 2.42. The molecule has 200 valence electrons. The van der Waals surface area contributed by atoms with E-state index in [1.54, 1.807) is 18.2 Å². The number of rotatable bonds is 8. The van der Waals surface area contributed by atoms with E-state index in [1.165, 1.54) is 36.4 Å². The third kappa shape index (κ3) is 5.03. The Hall–Kier alpha value is -3.72. The first kappa shape index (κ1) is 27.3. The van der Waals surface area contributed by atoms with E-state index in [-0.39, 0.29) is 26.1 Å². The molecule has 2 atom stereocenters. The second-order valence-electron chi connectivity index (χ2n) is 8.71. The van der Waals surface area contributed by atoms with Crippen molar-refractivity contribution in [2.24, 2.45) is 5.92 Å². The molecule has 0 aromatic heterocycles. The number of hydrogen-bond donors (Lipinski definition) is 0. The van der Waals surface area contributed by atoms with E-state index in [4.69, 9.17) is 0 Å². The predicted molar refractivity (Wildman–Crippen MR) is 138 cm³/mol. The van der Waals surface area contributed by atoms with Crippen molar-refractivity contribution in [3.05, 3.63) is 105 Å². The summed E-state index contributed by atoms with van der Waals surface area (Å²) in [5, 5.41) is 23.1. The van der Waals surface area contributed by atoms with E-state index < -0.39 is 63.0 Å². The Balaban J connectivity index is 1.75. The molecular weight excluding hydrogens is 536 g/mol. The van der Waals surface area contributed by atoms with Gasteiger partial charge in [-0.15, -0.1) is 0 Å². The Labute approximate surface area is 219 Å². The van der Waals surface area contributed by atoms with Gasteiger partial charge in [0.05, 0.1) is 9.85 Å². The van der Waals surface area contributed by atoms with E-state index in [9.17, 15) is 37.1 Å². The lowest BCUT2D eigenvalue weighted by atomic mass is 9.90. The number of sulfonamides is 2. The SMILES string of the molecule is C=CC1=C[C@H](C2CC=CCN2S(=O)(=O)c2ccccc2[N+](=O)[O-])CN(S(=O)(=O)c2ccccc2[N+](=O)[O-])C1. The average molecular weight is 561 g/mol. The molecule has 1 unspecified atom stereocenters. The zero-order valence-electron chi connectivity index (χ0n) is 20.0. The van der Waals surface area contributed by atoms with Gasteiger partial charge in [0.25, 0.3) is 11.4 Å². The molecule has 0 N–H and O–H groups in total. The van der Waals surface area contributed by atoms with E-state index in [0.717, 1.165) is 26.8 Å². The standard InChI is InChI=1S/C24H24N4O8S2/c1-2-18-15-19(17-25(16-18)37(33,34)23-12-5-3-10-21(23)27(29)30)20-9-7-8-14-26(20)38(35,36)24-13-6-4-11-22(24)28(31)32/h2-8,10-13,15,19-20H,1,9,14,16-17H2/t19-,20?/m0/s1. The Morgan fingerprint density at radius 2 is 1.42 bits per heavy atom. The maximum absolute atomic E-state index is 13.7. The fraction of sp³-hybridized carbons (Fsp3) is 0.250. The molecule has 0 aliphatic carbocycles. The van der Waals surface area contributed by atoms with Crippen LogP contribution >= 0.6 is 0 Å². The molecular formula is C24H24N4O8S2. The van der Waals surface area contributed by atoms with Crippen molar-refractivity contribution in [3.8, 4) is 0 Å². The summed E-state index contributed by atoms with van der Waals surface area (Å²) in [4.78, 5) is 20.6. The van der Waals surface area contributed by atoms with Crippen LogP contribution in [0.3, 0.4) is 0 Å². The van der Waals surface area contributed by atoms with Gasteiger partial charge in [0, 0.05) is 43.7 Å². The van der Waals surface area contributed by atoms with Crippen LogP contribution in [-0.4, -0.2) is 61.0 Å². The van der Waals surface area contributed by atoms with Crippen LogP contribution in [0.25, 0.3) is 0 Å². The van der Waals surface area contributed by atoms with Crippen LogP contribution in [0.15, 0.2) is 94.8 Å². The van der Waals surface area contributed by atoms with Crippen LogP contribution in [0.2, 0.25) is 0 Å². The fourth-order valence-corrected chi connectivity index (χ4v) is 8.10. The van der Waals surface area contributed by atoms with Gasteiger partial charge in [-0.25, -0.2) is 16.8 Å². The molecule has 0 spiro atoms. The maximum Gasteiger partial charge on any atom is 0.289 e. The van der Waals surface area contributed by atoms with E-state index >= 15 is 0 Å². The fourth-order valence-electron chi connectivity index (χ4n) is 4.68. The van der Waals surface area contributed by atoms with E-state index in [0.29, 0.717) is 5.57 Å². The van der Waals surface area contributed by atoms with Gasteiger partial charge in [-0.05, 0) is 24.1 Å². The van der Waals surface area contributed by atoms with E-state index in [1.807, 2.05) is 0 Å². The molecule has 0 fully saturated rings. The summed E-state index contributed by atoms with van der Waals surface area (Å²) in [6.45, 7) is 3.40. The molecule has 2 aliphatic heterocycles. The van der Waals surface area contributed by atoms with Crippen molar-refractivity contribution >= 4 is 31.4 Å². The minimum atomic E-state index is -4.36. The zero-order chi connectivity index (χ0) is 27.7. The van der Waals surface area contributed by atoms with Crippen molar-refractivity contribution < 1.29 is 26.7 Å². The van der Waals surface area contributed by atoms with Crippen LogP contribution in [-0.2, 0) is 20.0 Å². The van der Waals surface area contributed by atoms with Gasteiger partial charge in [0.1, 0.15) is 0 Å². The van der Waals surface area contributed by atoms with Gasteiger partial charge >= 0.3 is 0 Å². The van der Waals surface area contributed by atoms with Gasteiger partial charge in [-0.2, -0.15) is 8.61 Å². The summed E-state index contributed by atoms with van der Waals surface area (Å²) < 4.78 is 56.7. The summed E-state index contributed by atoms with van der Waals surface area (Å²) >= 11 is 0. The molecule has 0 amide bonds. The Morgan fingerprint density at radius 3 is 1.97 bits per heavy atom. The van der Waals surface area contributed by atoms with Crippen LogP contribution < -0.4 is 0 Å². The Kier molecular flexibility index (Phi) is 7.60. The Bertz CT molecular complexity index is 1570. The van der Waals surface area contributed by atoms with Gasteiger partial charge in [0.15, 0.2) is 9.79 Å². The molecule has 0 radical (unpaired) electrons. The minimum absolute atomic E-state index is 0.0658. The van der Waals surface area contributed by atoms with Crippen molar-refractivity contribution in [1.29, 1.82) is 0 Å². The van der Waals surface area contributed by atoms with Gasteiger partial charge in [0.2, 0.25) is 20.0 Å². The first-order chi connectivity index (χ1) is 18.0. The van der Waals surface area contributed by atoms with Gasteiger partial charge in [-0.3, -0.25) is 20.2 Å². The highest BCUT2D eigenvalue weighted by atomic mass is 32.2. The quantitative estimate of drug-likeness (QED) is 0.270. The smallest absolute Gasteiger partial charge is 0.258 e. The second-order valence-corrected chi connectivity index (χ2v) is 12.5. The molecule has 0 saturated carbocycles. The minimum Gasteiger partial charge on any atom is -0.258 e. The second kappa shape index (κ2) is 10.6. The number of para-hydroxylation sites is 2. The lowest BCUT2D eigenvalue weighted by Gasteiger charge is -2.40. The molecule has 38 heavy (non-hydrogen) atoms. The monoisotopic (exact) mass is 560 g/mol. The van der Waals surface area contributed by atoms with Crippen LogP contribution in [0, 0.1) is 26.1 Å². The summed E-state index contributed by atoms with van der Waals surface area (Å²) in [5.41, 5.74) is -0.631. The lowest BCUT2D eigenvalue weighted by molar-refractivity contribution is -0.388. The molecule has 4 rings (SSSR count). The molecule has 14 heteroatoms. The summed E-state index contributed by atoms with van der Waals surface area (Å²) in [6, 6.07) is 9.28. The van der Waals surface area contributed by atoms with E-state index in [2.05, 4.69) is 6.58 Å².